The maximum Gasteiger partial charge on any atom is 0.241 e. The molecule has 0 unspecified atom stereocenters. The van der Waals surface area contributed by atoms with Crippen LogP contribution in [0.2, 0.25) is 0 Å². The van der Waals surface area contributed by atoms with Crippen molar-refractivity contribution in [2.24, 2.45) is 11.7 Å². The number of aromatic nitrogens is 1. The first-order chi connectivity index (χ1) is 8.95. The quantitative estimate of drug-likeness (QED) is 0.885. The van der Waals surface area contributed by atoms with Crippen LogP contribution in [-0.4, -0.2) is 16.9 Å². The molecule has 1 amide bonds. The number of nitrogens with one attached hydrogen (secondary N) is 1. The lowest BCUT2D eigenvalue weighted by Gasteiger charge is -2.14. The number of amides is 1. The van der Waals surface area contributed by atoms with E-state index in [0.717, 1.165) is 5.52 Å². The zero-order valence-electron chi connectivity index (χ0n) is 11.4. The third kappa shape index (κ3) is 3.32. The van der Waals surface area contributed by atoms with Crippen LogP contribution >= 0.6 is 0 Å². The SMILES string of the molecule is Cc1nc2cc(NC(=O)[C@@H](N)CC(C)C)ccc2o1. The van der Waals surface area contributed by atoms with Crippen molar-refractivity contribution in [2.45, 2.75) is 33.2 Å². The summed E-state index contributed by atoms with van der Waals surface area (Å²) < 4.78 is 5.38. The molecule has 1 aromatic carbocycles. The van der Waals surface area contributed by atoms with Crippen LogP contribution in [0.4, 0.5) is 5.69 Å². The standard InChI is InChI=1S/C14H19N3O2/c1-8(2)6-11(15)14(18)17-10-4-5-13-12(7-10)16-9(3)19-13/h4-5,7-8,11H,6,15H2,1-3H3,(H,17,18)/t11-/m0/s1. The lowest BCUT2D eigenvalue weighted by molar-refractivity contribution is -0.117. The molecule has 0 spiro atoms. The van der Waals surface area contributed by atoms with Crippen molar-refractivity contribution in [3.63, 3.8) is 0 Å². The van der Waals surface area contributed by atoms with Crippen molar-refractivity contribution in [3.05, 3.63) is 24.1 Å². The molecule has 102 valence electrons. The molecule has 0 saturated carbocycles. The summed E-state index contributed by atoms with van der Waals surface area (Å²) in [6.45, 7) is 5.87. The summed E-state index contributed by atoms with van der Waals surface area (Å²) in [5.74, 6) is 0.824. The fourth-order valence-corrected chi connectivity index (χ4v) is 1.97. The van der Waals surface area contributed by atoms with E-state index in [1.54, 1.807) is 25.1 Å². The molecule has 1 heterocycles. The third-order valence-electron chi connectivity index (χ3n) is 2.82. The summed E-state index contributed by atoms with van der Waals surface area (Å²) in [6.07, 6.45) is 0.664. The molecular weight excluding hydrogens is 242 g/mol. The largest absolute Gasteiger partial charge is 0.441 e. The molecule has 5 nitrogen and oxygen atoms in total. The number of nitrogens with zero attached hydrogens (tertiary/aromatic N) is 1. The summed E-state index contributed by atoms with van der Waals surface area (Å²) >= 11 is 0. The Labute approximate surface area is 112 Å². The Kier molecular flexibility index (Phi) is 3.85. The van der Waals surface area contributed by atoms with E-state index in [0.29, 0.717) is 29.5 Å². The van der Waals surface area contributed by atoms with Crippen molar-refractivity contribution in [1.82, 2.24) is 4.98 Å². The van der Waals surface area contributed by atoms with Gasteiger partial charge in [-0.05, 0) is 30.5 Å². The van der Waals surface area contributed by atoms with Gasteiger partial charge in [-0.1, -0.05) is 13.8 Å². The van der Waals surface area contributed by atoms with Gasteiger partial charge in [-0.2, -0.15) is 0 Å². The van der Waals surface area contributed by atoms with Gasteiger partial charge in [-0.3, -0.25) is 4.79 Å². The third-order valence-corrected chi connectivity index (χ3v) is 2.82. The fourth-order valence-electron chi connectivity index (χ4n) is 1.97. The van der Waals surface area contributed by atoms with Gasteiger partial charge >= 0.3 is 0 Å². The zero-order chi connectivity index (χ0) is 14.0. The van der Waals surface area contributed by atoms with Crippen LogP contribution in [0.5, 0.6) is 0 Å². The number of carbonyl (C=O) groups is 1. The fraction of sp³-hybridized carbons (Fsp3) is 0.429. The van der Waals surface area contributed by atoms with Crippen LogP contribution in [0.15, 0.2) is 22.6 Å². The number of nitrogens with two attached hydrogens (primary N) is 1. The molecule has 3 N–H and O–H groups in total. The lowest BCUT2D eigenvalue weighted by Crippen LogP contribution is -2.36. The minimum Gasteiger partial charge on any atom is -0.441 e. The second-order valence-electron chi connectivity index (χ2n) is 5.14. The second kappa shape index (κ2) is 5.40. The van der Waals surface area contributed by atoms with Gasteiger partial charge in [0.1, 0.15) is 5.52 Å². The van der Waals surface area contributed by atoms with Gasteiger partial charge in [0.2, 0.25) is 5.91 Å². The molecule has 19 heavy (non-hydrogen) atoms. The number of aryl methyl sites for hydroxylation is 1. The van der Waals surface area contributed by atoms with Gasteiger partial charge in [-0.15, -0.1) is 0 Å². The summed E-state index contributed by atoms with van der Waals surface area (Å²) in [7, 11) is 0. The maximum atomic E-state index is 11.9. The van der Waals surface area contributed by atoms with Gasteiger partial charge in [0, 0.05) is 12.6 Å². The van der Waals surface area contributed by atoms with Crippen LogP contribution in [0, 0.1) is 12.8 Å². The van der Waals surface area contributed by atoms with Crippen LogP contribution in [0.3, 0.4) is 0 Å². The first-order valence-electron chi connectivity index (χ1n) is 6.39. The average Bonchev–Trinajstić information content (AvgIpc) is 2.67. The van der Waals surface area contributed by atoms with E-state index < -0.39 is 6.04 Å². The van der Waals surface area contributed by atoms with Crippen molar-refractivity contribution >= 4 is 22.7 Å². The maximum absolute atomic E-state index is 11.9. The lowest BCUT2D eigenvalue weighted by atomic mass is 10.0. The van der Waals surface area contributed by atoms with Gasteiger partial charge in [0.05, 0.1) is 6.04 Å². The number of hydrogen-bond donors (Lipinski definition) is 2. The number of rotatable bonds is 4. The molecule has 0 saturated heterocycles. The molecule has 2 aromatic rings. The van der Waals surface area contributed by atoms with Gasteiger partial charge < -0.3 is 15.5 Å². The average molecular weight is 261 g/mol. The first kappa shape index (κ1) is 13.5. The Morgan fingerprint density at radius 1 is 1.47 bits per heavy atom. The topological polar surface area (TPSA) is 81.2 Å². The summed E-state index contributed by atoms with van der Waals surface area (Å²) in [5, 5.41) is 2.80. The smallest absolute Gasteiger partial charge is 0.241 e. The minimum atomic E-state index is -0.491. The molecular formula is C14H19N3O2. The summed E-state index contributed by atoms with van der Waals surface area (Å²) in [6, 6.07) is 4.87. The minimum absolute atomic E-state index is 0.173. The molecule has 2 rings (SSSR count). The molecule has 0 aliphatic heterocycles. The van der Waals surface area contributed by atoms with Gasteiger partial charge in [0.25, 0.3) is 0 Å². The van der Waals surface area contributed by atoms with E-state index in [2.05, 4.69) is 10.3 Å². The van der Waals surface area contributed by atoms with Crippen molar-refractivity contribution in [2.75, 3.05) is 5.32 Å². The highest BCUT2D eigenvalue weighted by Crippen LogP contribution is 2.20. The van der Waals surface area contributed by atoms with Crippen molar-refractivity contribution in [1.29, 1.82) is 0 Å². The summed E-state index contributed by atoms with van der Waals surface area (Å²) in [5.41, 5.74) is 7.96. The van der Waals surface area contributed by atoms with E-state index in [-0.39, 0.29) is 5.91 Å². The van der Waals surface area contributed by atoms with Crippen LogP contribution < -0.4 is 11.1 Å². The Balaban J connectivity index is 2.10. The zero-order valence-corrected chi connectivity index (χ0v) is 11.4. The van der Waals surface area contributed by atoms with Crippen molar-refractivity contribution < 1.29 is 9.21 Å². The molecule has 0 radical (unpaired) electrons. The highest BCUT2D eigenvalue weighted by atomic mass is 16.3. The van der Waals surface area contributed by atoms with Crippen LogP contribution in [0.25, 0.3) is 11.1 Å². The van der Waals surface area contributed by atoms with E-state index in [1.165, 1.54) is 0 Å². The predicted octanol–water partition coefficient (Wildman–Crippen LogP) is 2.45. The van der Waals surface area contributed by atoms with Crippen molar-refractivity contribution in [3.8, 4) is 0 Å². The van der Waals surface area contributed by atoms with Crippen LogP contribution in [-0.2, 0) is 4.79 Å². The molecule has 0 aliphatic carbocycles. The normalized spacial score (nSPS) is 12.9. The van der Waals surface area contributed by atoms with E-state index in [4.69, 9.17) is 10.2 Å². The molecule has 1 atom stereocenters. The molecule has 0 bridgehead atoms. The number of benzene rings is 1. The Bertz CT molecular complexity index is 589. The Hall–Kier alpha value is -1.88. The predicted molar refractivity (Wildman–Crippen MR) is 74.8 cm³/mol. The molecule has 0 aliphatic rings. The van der Waals surface area contributed by atoms with E-state index in [9.17, 15) is 4.79 Å². The molecule has 1 aromatic heterocycles. The number of hydrogen-bond acceptors (Lipinski definition) is 4. The molecule has 5 heteroatoms. The first-order valence-corrected chi connectivity index (χ1v) is 6.39. The number of oxazole rings is 1. The number of fused-ring (bicyclic) bond motifs is 1. The highest BCUT2D eigenvalue weighted by Gasteiger charge is 2.15. The Morgan fingerprint density at radius 2 is 2.21 bits per heavy atom. The highest BCUT2D eigenvalue weighted by molar-refractivity contribution is 5.96. The number of carbonyl (C=O) groups excluding carboxylic acids is 1. The molecule has 0 fully saturated rings. The van der Waals surface area contributed by atoms with E-state index in [1.807, 2.05) is 13.8 Å². The summed E-state index contributed by atoms with van der Waals surface area (Å²) in [4.78, 5) is 16.1. The second-order valence-corrected chi connectivity index (χ2v) is 5.14. The van der Waals surface area contributed by atoms with Gasteiger partial charge in [-0.25, -0.2) is 4.98 Å². The number of anilines is 1. The van der Waals surface area contributed by atoms with Gasteiger partial charge in [0.15, 0.2) is 11.5 Å². The Morgan fingerprint density at radius 3 is 2.89 bits per heavy atom. The van der Waals surface area contributed by atoms with E-state index >= 15 is 0 Å². The van der Waals surface area contributed by atoms with Crippen LogP contribution in [0.1, 0.15) is 26.2 Å². The monoisotopic (exact) mass is 261 g/mol.